The van der Waals surface area contributed by atoms with Crippen LogP contribution in [0.2, 0.25) is 0 Å². The Balaban J connectivity index is 1.65. The largest absolute Gasteiger partial charge is 0.449 e. The molecular formula is C12H17IN3O3+. The van der Waals surface area contributed by atoms with Crippen LogP contribution in [0.15, 0.2) is 21.7 Å². The molecule has 0 radical (unpaired) electrons. The fourth-order valence-electron chi connectivity index (χ4n) is 1.82. The zero-order chi connectivity index (χ0) is 13.5. The SMILES string of the molecule is O=C(CC[NH+]1CCOCC1)N/N=C\c1ccc(I)o1. The standard InChI is InChI=1S/C12H16IN3O3/c13-11-2-1-10(19-11)9-14-15-12(17)3-4-16-5-7-18-8-6-16/h1-2,9H,3-8H2,(H,15,17)/p+1/b14-9-. The predicted octanol–water partition coefficient (Wildman–Crippen LogP) is -0.360. The van der Waals surface area contributed by atoms with Gasteiger partial charge in [0.2, 0.25) is 5.91 Å². The molecule has 0 aliphatic carbocycles. The van der Waals surface area contributed by atoms with Gasteiger partial charge >= 0.3 is 0 Å². The zero-order valence-corrected chi connectivity index (χ0v) is 12.7. The molecule has 1 fully saturated rings. The van der Waals surface area contributed by atoms with Crippen molar-refractivity contribution in [1.82, 2.24) is 5.43 Å². The van der Waals surface area contributed by atoms with Crippen LogP contribution < -0.4 is 10.3 Å². The fourth-order valence-corrected chi connectivity index (χ4v) is 2.26. The van der Waals surface area contributed by atoms with Crippen molar-refractivity contribution < 1.29 is 18.8 Å². The molecule has 7 heteroatoms. The van der Waals surface area contributed by atoms with Crippen molar-refractivity contribution in [3.63, 3.8) is 0 Å². The van der Waals surface area contributed by atoms with E-state index in [4.69, 9.17) is 9.15 Å². The predicted molar refractivity (Wildman–Crippen MR) is 78.2 cm³/mol. The number of quaternary nitrogens is 1. The Bertz CT molecular complexity index is 441. The average molecular weight is 378 g/mol. The maximum absolute atomic E-state index is 11.6. The number of amides is 1. The van der Waals surface area contributed by atoms with Gasteiger partial charge in [-0.05, 0) is 34.7 Å². The number of nitrogens with one attached hydrogen (secondary N) is 2. The fraction of sp³-hybridized carbons (Fsp3) is 0.500. The number of halogens is 1. The molecule has 0 bridgehead atoms. The number of hydrazone groups is 1. The number of furan rings is 1. The van der Waals surface area contributed by atoms with Crippen molar-refractivity contribution in [2.75, 3.05) is 32.8 Å². The molecule has 0 atom stereocenters. The molecule has 2 heterocycles. The third kappa shape index (κ3) is 5.29. The highest BCUT2D eigenvalue weighted by molar-refractivity contribution is 14.1. The number of rotatable bonds is 5. The zero-order valence-electron chi connectivity index (χ0n) is 10.5. The van der Waals surface area contributed by atoms with Gasteiger partial charge in [0.1, 0.15) is 18.8 Å². The van der Waals surface area contributed by atoms with Crippen LogP contribution in [-0.4, -0.2) is 45.0 Å². The Hall–Kier alpha value is -0.930. The molecule has 1 aromatic heterocycles. The maximum Gasteiger partial charge on any atom is 0.245 e. The van der Waals surface area contributed by atoms with E-state index < -0.39 is 0 Å². The molecule has 0 aromatic carbocycles. The second kappa shape index (κ2) is 7.61. The van der Waals surface area contributed by atoms with Crippen LogP contribution in [0.5, 0.6) is 0 Å². The quantitative estimate of drug-likeness (QED) is 0.418. The van der Waals surface area contributed by atoms with Crippen molar-refractivity contribution in [2.45, 2.75) is 6.42 Å². The minimum Gasteiger partial charge on any atom is -0.449 e. The van der Waals surface area contributed by atoms with Gasteiger partial charge < -0.3 is 14.1 Å². The average Bonchev–Trinajstić information content (AvgIpc) is 2.83. The molecule has 2 rings (SSSR count). The summed E-state index contributed by atoms with van der Waals surface area (Å²) in [5, 5.41) is 3.86. The third-order valence-electron chi connectivity index (χ3n) is 2.88. The molecule has 0 saturated carbocycles. The number of ether oxygens (including phenoxy) is 1. The van der Waals surface area contributed by atoms with Crippen molar-refractivity contribution in [2.24, 2.45) is 5.10 Å². The summed E-state index contributed by atoms with van der Waals surface area (Å²) >= 11 is 2.08. The van der Waals surface area contributed by atoms with E-state index in [9.17, 15) is 4.79 Å². The van der Waals surface area contributed by atoms with E-state index in [0.29, 0.717) is 12.2 Å². The molecule has 1 amide bonds. The number of carbonyl (C=O) groups excluding carboxylic acids is 1. The lowest BCUT2D eigenvalue weighted by molar-refractivity contribution is -0.907. The van der Waals surface area contributed by atoms with Crippen molar-refractivity contribution in [3.05, 3.63) is 21.7 Å². The van der Waals surface area contributed by atoms with E-state index in [1.165, 1.54) is 11.1 Å². The van der Waals surface area contributed by atoms with E-state index in [0.717, 1.165) is 36.6 Å². The molecule has 1 aliphatic heterocycles. The van der Waals surface area contributed by atoms with Gasteiger partial charge in [0.05, 0.1) is 32.4 Å². The molecule has 1 aromatic rings. The summed E-state index contributed by atoms with van der Waals surface area (Å²) in [5.41, 5.74) is 2.50. The molecule has 0 unspecified atom stereocenters. The van der Waals surface area contributed by atoms with Crippen LogP contribution in [-0.2, 0) is 9.53 Å². The van der Waals surface area contributed by atoms with Crippen LogP contribution in [0.3, 0.4) is 0 Å². The molecule has 0 spiro atoms. The topological polar surface area (TPSA) is 68.3 Å². The molecule has 104 valence electrons. The minimum atomic E-state index is -0.0727. The highest BCUT2D eigenvalue weighted by Gasteiger charge is 2.14. The first-order valence-corrected chi connectivity index (χ1v) is 7.30. The Morgan fingerprint density at radius 2 is 2.26 bits per heavy atom. The van der Waals surface area contributed by atoms with Crippen molar-refractivity contribution >= 4 is 34.7 Å². The second-order valence-corrected chi connectivity index (χ2v) is 5.36. The number of hydrogen-bond acceptors (Lipinski definition) is 4. The highest BCUT2D eigenvalue weighted by atomic mass is 127. The van der Waals surface area contributed by atoms with Gasteiger partial charge in [0.25, 0.3) is 0 Å². The summed E-state index contributed by atoms with van der Waals surface area (Å²) in [7, 11) is 0. The van der Waals surface area contributed by atoms with E-state index in [-0.39, 0.29) is 5.91 Å². The third-order valence-corrected chi connectivity index (χ3v) is 3.46. The van der Waals surface area contributed by atoms with Gasteiger partial charge in [-0.1, -0.05) is 0 Å². The highest BCUT2D eigenvalue weighted by Crippen LogP contribution is 2.07. The summed E-state index contributed by atoms with van der Waals surface area (Å²) < 4.78 is 11.3. The lowest BCUT2D eigenvalue weighted by Gasteiger charge is -2.23. The van der Waals surface area contributed by atoms with Crippen LogP contribution in [0.1, 0.15) is 12.2 Å². The minimum absolute atomic E-state index is 0.0727. The Morgan fingerprint density at radius 1 is 1.47 bits per heavy atom. The lowest BCUT2D eigenvalue weighted by atomic mass is 10.3. The first-order valence-electron chi connectivity index (χ1n) is 6.22. The Labute approximate surface area is 125 Å². The lowest BCUT2D eigenvalue weighted by Crippen LogP contribution is -3.14. The van der Waals surface area contributed by atoms with Crippen LogP contribution >= 0.6 is 22.6 Å². The first kappa shape index (κ1) is 14.5. The number of nitrogens with zero attached hydrogens (tertiary/aromatic N) is 1. The van der Waals surface area contributed by atoms with Crippen LogP contribution in [0.4, 0.5) is 0 Å². The monoisotopic (exact) mass is 378 g/mol. The van der Waals surface area contributed by atoms with Crippen LogP contribution in [0.25, 0.3) is 0 Å². The number of hydrogen-bond donors (Lipinski definition) is 2. The molecule has 6 nitrogen and oxygen atoms in total. The molecule has 2 N–H and O–H groups in total. The number of carbonyl (C=O) groups is 1. The molecule has 19 heavy (non-hydrogen) atoms. The van der Waals surface area contributed by atoms with E-state index in [2.05, 4.69) is 33.1 Å². The van der Waals surface area contributed by atoms with E-state index in [1.54, 1.807) is 6.07 Å². The normalized spacial score (nSPS) is 16.9. The van der Waals surface area contributed by atoms with Crippen LogP contribution in [0, 0.1) is 3.77 Å². The van der Waals surface area contributed by atoms with Gasteiger partial charge in [-0.15, -0.1) is 0 Å². The summed E-state index contributed by atoms with van der Waals surface area (Å²) in [4.78, 5) is 13.0. The van der Waals surface area contributed by atoms with Gasteiger partial charge in [0.15, 0.2) is 3.77 Å². The second-order valence-electron chi connectivity index (χ2n) is 4.30. The van der Waals surface area contributed by atoms with Gasteiger partial charge in [-0.25, -0.2) is 5.43 Å². The summed E-state index contributed by atoms with van der Waals surface area (Å²) in [6.45, 7) is 4.34. The first-order chi connectivity index (χ1) is 9.24. The Kier molecular flexibility index (Phi) is 5.80. The molecule has 1 aliphatic rings. The van der Waals surface area contributed by atoms with E-state index >= 15 is 0 Å². The number of morpholine rings is 1. The van der Waals surface area contributed by atoms with Gasteiger partial charge in [-0.3, -0.25) is 4.79 Å². The van der Waals surface area contributed by atoms with Crippen molar-refractivity contribution in [1.29, 1.82) is 0 Å². The van der Waals surface area contributed by atoms with Crippen molar-refractivity contribution in [3.8, 4) is 0 Å². The summed E-state index contributed by atoms with van der Waals surface area (Å²) in [6.07, 6.45) is 1.98. The van der Waals surface area contributed by atoms with Gasteiger partial charge in [-0.2, -0.15) is 5.10 Å². The van der Waals surface area contributed by atoms with Gasteiger partial charge in [0, 0.05) is 0 Å². The Morgan fingerprint density at radius 3 is 2.95 bits per heavy atom. The maximum atomic E-state index is 11.6. The molecule has 1 saturated heterocycles. The van der Waals surface area contributed by atoms with E-state index in [1.807, 2.05) is 6.07 Å². The molecular weight excluding hydrogens is 361 g/mol. The smallest absolute Gasteiger partial charge is 0.245 e. The summed E-state index contributed by atoms with van der Waals surface area (Å²) in [6, 6.07) is 3.64. The summed E-state index contributed by atoms with van der Waals surface area (Å²) in [5.74, 6) is 0.556.